The maximum absolute atomic E-state index is 12.2. The van der Waals surface area contributed by atoms with Crippen LogP contribution < -0.4 is 4.74 Å². The van der Waals surface area contributed by atoms with Crippen LogP contribution in [0.4, 0.5) is 13.2 Å². The third-order valence-corrected chi connectivity index (χ3v) is 2.29. The summed E-state index contributed by atoms with van der Waals surface area (Å²) in [4.78, 5) is 11.3. The molecule has 0 saturated carbocycles. The van der Waals surface area contributed by atoms with Crippen LogP contribution in [0.3, 0.4) is 0 Å². The first-order chi connectivity index (χ1) is 9.26. The molecule has 0 radical (unpaired) electrons. The molecule has 1 aromatic carbocycles. The van der Waals surface area contributed by atoms with Gasteiger partial charge in [0.25, 0.3) is 0 Å². The molecule has 5 nitrogen and oxygen atoms in total. The number of alkyl halides is 3. The summed E-state index contributed by atoms with van der Waals surface area (Å²) in [6, 6.07) is 4.66. The van der Waals surface area contributed by atoms with Gasteiger partial charge in [0, 0.05) is 5.56 Å². The van der Waals surface area contributed by atoms with Gasteiger partial charge >= 0.3 is 12.3 Å². The van der Waals surface area contributed by atoms with E-state index < -0.39 is 30.3 Å². The van der Waals surface area contributed by atoms with Gasteiger partial charge in [-0.25, -0.2) is 4.79 Å². The van der Waals surface area contributed by atoms with Crippen LogP contribution in [0.25, 0.3) is 0 Å². The zero-order chi connectivity index (χ0) is 15.3. The van der Waals surface area contributed by atoms with Crippen LogP contribution in [0.2, 0.25) is 0 Å². The molecule has 0 saturated heterocycles. The van der Waals surface area contributed by atoms with Crippen molar-refractivity contribution in [3.05, 3.63) is 29.8 Å². The molecule has 2 N–H and O–H groups in total. The first-order valence-corrected chi connectivity index (χ1v) is 5.63. The topological polar surface area (TPSA) is 76.0 Å². The molecule has 0 aromatic heterocycles. The van der Waals surface area contributed by atoms with E-state index in [9.17, 15) is 28.2 Å². The van der Waals surface area contributed by atoms with Crippen molar-refractivity contribution < 1.29 is 37.7 Å². The number of para-hydroxylation sites is 1. The van der Waals surface area contributed by atoms with Gasteiger partial charge in [-0.1, -0.05) is 18.2 Å². The third kappa shape index (κ3) is 4.39. The van der Waals surface area contributed by atoms with Crippen molar-refractivity contribution >= 4 is 5.97 Å². The number of carbonyl (C=O) groups excluding carboxylic acids is 1. The van der Waals surface area contributed by atoms with Gasteiger partial charge in [-0.3, -0.25) is 0 Å². The summed E-state index contributed by atoms with van der Waals surface area (Å²) in [6.07, 6.45) is -8.86. The fourth-order valence-electron chi connectivity index (χ4n) is 1.47. The lowest BCUT2D eigenvalue weighted by molar-refractivity contribution is -0.275. The zero-order valence-electron chi connectivity index (χ0n) is 10.4. The number of halogens is 3. The van der Waals surface area contributed by atoms with E-state index in [1.807, 2.05) is 0 Å². The van der Waals surface area contributed by atoms with Gasteiger partial charge in [-0.15, -0.1) is 13.2 Å². The minimum absolute atomic E-state index is 0.0384. The molecular formula is C12H13F3O5. The molecule has 8 heteroatoms. The lowest BCUT2D eigenvalue weighted by Crippen LogP contribution is -2.30. The van der Waals surface area contributed by atoms with Gasteiger partial charge < -0.3 is 19.7 Å². The average Bonchev–Trinajstić information content (AvgIpc) is 2.36. The second kappa shape index (κ2) is 6.58. The van der Waals surface area contributed by atoms with Crippen molar-refractivity contribution in [1.82, 2.24) is 0 Å². The Morgan fingerprint density at radius 2 is 1.90 bits per heavy atom. The van der Waals surface area contributed by atoms with Gasteiger partial charge in [0.1, 0.15) is 11.9 Å². The van der Waals surface area contributed by atoms with E-state index in [1.165, 1.54) is 19.1 Å². The summed E-state index contributed by atoms with van der Waals surface area (Å²) < 4.78 is 44.8. The number of benzene rings is 1. The first kappa shape index (κ1) is 16.3. The number of aliphatic hydroxyl groups excluding tert-OH is 2. The van der Waals surface area contributed by atoms with Gasteiger partial charge in [0.05, 0.1) is 6.61 Å². The van der Waals surface area contributed by atoms with E-state index in [2.05, 4.69) is 9.47 Å². The largest absolute Gasteiger partial charge is 0.573 e. The van der Waals surface area contributed by atoms with E-state index in [-0.39, 0.29) is 12.2 Å². The number of hydrogen-bond donors (Lipinski definition) is 2. The molecule has 2 unspecified atom stereocenters. The molecule has 0 fully saturated rings. The second-order valence-corrected chi connectivity index (χ2v) is 3.73. The molecule has 2 atom stereocenters. The van der Waals surface area contributed by atoms with Crippen LogP contribution in [0, 0.1) is 0 Å². The Bertz CT molecular complexity index is 461. The molecule has 20 heavy (non-hydrogen) atoms. The van der Waals surface area contributed by atoms with E-state index in [0.29, 0.717) is 0 Å². The molecule has 0 bridgehead atoms. The molecule has 0 spiro atoms. The number of carbonyl (C=O) groups is 1. The van der Waals surface area contributed by atoms with Gasteiger partial charge in [-0.2, -0.15) is 0 Å². The highest BCUT2D eigenvalue weighted by Crippen LogP contribution is 2.31. The zero-order valence-corrected chi connectivity index (χ0v) is 10.4. The lowest BCUT2D eigenvalue weighted by Gasteiger charge is -2.20. The summed E-state index contributed by atoms with van der Waals surface area (Å²) in [7, 11) is 0. The third-order valence-electron chi connectivity index (χ3n) is 2.29. The van der Waals surface area contributed by atoms with Crippen molar-refractivity contribution in [2.75, 3.05) is 6.61 Å². The molecule has 0 aliphatic heterocycles. The van der Waals surface area contributed by atoms with Gasteiger partial charge in [-0.05, 0) is 13.0 Å². The Morgan fingerprint density at radius 3 is 2.45 bits per heavy atom. The highest BCUT2D eigenvalue weighted by atomic mass is 19.4. The van der Waals surface area contributed by atoms with Gasteiger partial charge in [0.15, 0.2) is 6.10 Å². The second-order valence-electron chi connectivity index (χ2n) is 3.73. The maximum Gasteiger partial charge on any atom is 0.573 e. The van der Waals surface area contributed by atoms with Crippen molar-refractivity contribution in [2.45, 2.75) is 25.5 Å². The van der Waals surface area contributed by atoms with Crippen LogP contribution in [0.1, 0.15) is 18.6 Å². The summed E-state index contributed by atoms with van der Waals surface area (Å²) in [5.41, 5.74) is -0.370. The molecule has 0 heterocycles. The summed E-state index contributed by atoms with van der Waals surface area (Å²) in [5.74, 6) is -1.84. The SMILES string of the molecule is CCOC(=O)C(O)C(O)c1ccccc1OC(F)(F)F. The highest BCUT2D eigenvalue weighted by molar-refractivity contribution is 5.75. The highest BCUT2D eigenvalue weighted by Gasteiger charge is 2.35. The Hall–Kier alpha value is -1.80. The number of rotatable bonds is 5. The van der Waals surface area contributed by atoms with Crippen LogP contribution in [-0.2, 0) is 9.53 Å². The van der Waals surface area contributed by atoms with E-state index in [0.717, 1.165) is 12.1 Å². The van der Waals surface area contributed by atoms with E-state index >= 15 is 0 Å². The number of esters is 1. The molecule has 1 rings (SSSR count). The maximum atomic E-state index is 12.2. The Morgan fingerprint density at radius 1 is 1.30 bits per heavy atom. The van der Waals surface area contributed by atoms with Crippen LogP contribution in [-0.4, -0.2) is 35.3 Å². The van der Waals surface area contributed by atoms with Crippen molar-refractivity contribution in [2.24, 2.45) is 0 Å². The fourth-order valence-corrected chi connectivity index (χ4v) is 1.47. The predicted molar refractivity (Wildman–Crippen MR) is 60.7 cm³/mol. The molecular weight excluding hydrogens is 281 g/mol. The van der Waals surface area contributed by atoms with Gasteiger partial charge in [0.2, 0.25) is 0 Å². The van der Waals surface area contributed by atoms with Crippen molar-refractivity contribution in [1.29, 1.82) is 0 Å². The summed E-state index contributed by atoms with van der Waals surface area (Å²) >= 11 is 0. The molecule has 0 amide bonds. The van der Waals surface area contributed by atoms with Crippen LogP contribution >= 0.6 is 0 Å². The minimum Gasteiger partial charge on any atom is -0.464 e. The minimum atomic E-state index is -4.95. The Balaban J connectivity index is 2.98. The molecule has 0 aliphatic carbocycles. The molecule has 112 valence electrons. The normalized spacial score (nSPS) is 14.5. The van der Waals surface area contributed by atoms with Crippen LogP contribution in [0.15, 0.2) is 24.3 Å². The molecule has 1 aromatic rings. The van der Waals surface area contributed by atoms with E-state index in [4.69, 9.17) is 0 Å². The Labute approximate surface area is 112 Å². The fraction of sp³-hybridized carbons (Fsp3) is 0.417. The first-order valence-electron chi connectivity index (χ1n) is 5.63. The standard InChI is InChI=1S/C12H13F3O5/c1-2-19-11(18)10(17)9(16)7-5-3-4-6-8(7)20-12(13,14)15/h3-6,9-10,16-17H,2H2,1H3. The smallest absolute Gasteiger partial charge is 0.464 e. The summed E-state index contributed by atoms with van der Waals surface area (Å²) in [6.45, 7) is 1.45. The average molecular weight is 294 g/mol. The van der Waals surface area contributed by atoms with Crippen molar-refractivity contribution in [3.8, 4) is 5.75 Å². The number of hydrogen-bond acceptors (Lipinski definition) is 5. The summed E-state index contributed by atoms with van der Waals surface area (Å²) in [5, 5.41) is 19.3. The predicted octanol–water partition coefficient (Wildman–Crippen LogP) is 1.54. The van der Waals surface area contributed by atoms with Crippen molar-refractivity contribution in [3.63, 3.8) is 0 Å². The number of ether oxygens (including phenoxy) is 2. The molecule has 0 aliphatic rings. The monoisotopic (exact) mass is 294 g/mol. The van der Waals surface area contributed by atoms with E-state index in [1.54, 1.807) is 0 Å². The van der Waals surface area contributed by atoms with Crippen LogP contribution in [0.5, 0.6) is 5.75 Å². The number of aliphatic hydroxyl groups is 2. The Kier molecular flexibility index (Phi) is 5.34. The lowest BCUT2D eigenvalue weighted by atomic mass is 10.0. The quantitative estimate of drug-likeness (QED) is 0.806.